The van der Waals surface area contributed by atoms with E-state index in [4.69, 9.17) is 5.73 Å². The molecule has 0 bridgehead atoms. The van der Waals surface area contributed by atoms with Gasteiger partial charge in [-0.05, 0) is 24.6 Å². The summed E-state index contributed by atoms with van der Waals surface area (Å²) in [5.41, 5.74) is 7.76. The molecule has 1 aromatic carbocycles. The van der Waals surface area contributed by atoms with Crippen molar-refractivity contribution in [2.75, 3.05) is 11.9 Å². The Hall–Kier alpha value is -2.01. The van der Waals surface area contributed by atoms with Crippen molar-refractivity contribution in [2.24, 2.45) is 5.73 Å². The molecule has 0 radical (unpaired) electrons. The highest BCUT2D eigenvalue weighted by molar-refractivity contribution is 5.59. The molecule has 0 amide bonds. The topological polar surface area (TPSA) is 55.0 Å². The highest BCUT2D eigenvalue weighted by Crippen LogP contribution is 2.24. The summed E-state index contributed by atoms with van der Waals surface area (Å²) in [7, 11) is 1.77. The summed E-state index contributed by atoms with van der Waals surface area (Å²) >= 11 is 0. The van der Waals surface area contributed by atoms with Crippen LogP contribution in [0.4, 0.5) is 15.9 Å². The Labute approximate surface area is 105 Å². The third kappa shape index (κ3) is 2.31. The van der Waals surface area contributed by atoms with Gasteiger partial charge in [0.25, 0.3) is 0 Å². The first-order valence-electron chi connectivity index (χ1n) is 5.63. The second-order valence-electron chi connectivity index (χ2n) is 4.03. The number of hydrogen-bond donors (Lipinski definition) is 1. The fourth-order valence-electron chi connectivity index (χ4n) is 1.66. The van der Waals surface area contributed by atoms with Gasteiger partial charge < -0.3 is 10.6 Å². The molecule has 2 N–H and O–H groups in total. The van der Waals surface area contributed by atoms with Crippen LogP contribution in [-0.4, -0.2) is 17.0 Å². The Morgan fingerprint density at radius 1 is 1.22 bits per heavy atom. The van der Waals surface area contributed by atoms with Gasteiger partial charge in [0.2, 0.25) is 0 Å². The lowest BCUT2D eigenvalue weighted by atomic mass is 10.2. The summed E-state index contributed by atoms with van der Waals surface area (Å²) in [6.07, 6.45) is 1.36. The number of nitrogens with two attached hydrogens (primary N) is 1. The van der Waals surface area contributed by atoms with Crippen molar-refractivity contribution in [1.29, 1.82) is 0 Å². The third-order valence-corrected chi connectivity index (χ3v) is 2.82. The first-order valence-corrected chi connectivity index (χ1v) is 5.63. The highest BCUT2D eigenvalue weighted by atomic mass is 19.1. The fourth-order valence-corrected chi connectivity index (χ4v) is 1.66. The zero-order chi connectivity index (χ0) is 13.1. The molecule has 1 heterocycles. The van der Waals surface area contributed by atoms with E-state index in [1.165, 1.54) is 6.33 Å². The molecule has 0 fully saturated rings. The minimum Gasteiger partial charge on any atom is -0.327 e. The smallest absolute Gasteiger partial charge is 0.187 e. The second-order valence-corrected chi connectivity index (χ2v) is 4.03. The van der Waals surface area contributed by atoms with Gasteiger partial charge in [-0.2, -0.15) is 0 Å². The summed E-state index contributed by atoms with van der Waals surface area (Å²) in [5.74, 6) is -0.133. The van der Waals surface area contributed by atoms with Gasteiger partial charge in [0.05, 0.1) is 5.69 Å². The summed E-state index contributed by atoms with van der Waals surface area (Å²) < 4.78 is 13.9. The summed E-state index contributed by atoms with van der Waals surface area (Å²) in [6.45, 7) is 2.11. The van der Waals surface area contributed by atoms with E-state index in [9.17, 15) is 4.39 Å². The molecule has 18 heavy (non-hydrogen) atoms. The van der Waals surface area contributed by atoms with Gasteiger partial charge in [0, 0.05) is 19.3 Å². The van der Waals surface area contributed by atoms with Crippen LogP contribution in [0, 0.1) is 12.7 Å². The van der Waals surface area contributed by atoms with Gasteiger partial charge in [-0.15, -0.1) is 0 Å². The Balaban J connectivity index is 2.35. The van der Waals surface area contributed by atoms with Gasteiger partial charge in [-0.3, -0.25) is 0 Å². The first-order chi connectivity index (χ1) is 8.63. The predicted octanol–water partition coefficient (Wildman–Crippen LogP) is 2.15. The van der Waals surface area contributed by atoms with Crippen molar-refractivity contribution < 1.29 is 4.39 Å². The molecule has 0 aliphatic heterocycles. The van der Waals surface area contributed by atoms with Crippen LogP contribution in [0.5, 0.6) is 0 Å². The predicted molar refractivity (Wildman–Crippen MR) is 69.1 cm³/mol. The number of nitrogens with zero attached hydrogens (tertiary/aromatic N) is 3. The Kier molecular flexibility index (Phi) is 3.53. The SMILES string of the molecule is Cc1ncnc(N(C)c2ccc(CN)cc2)c1F. The minimum absolute atomic E-state index is 0.267. The molecule has 0 atom stereocenters. The van der Waals surface area contributed by atoms with Crippen LogP contribution in [0.25, 0.3) is 0 Å². The summed E-state index contributed by atoms with van der Waals surface area (Å²) in [5, 5.41) is 0. The van der Waals surface area contributed by atoms with Crippen molar-refractivity contribution in [1.82, 2.24) is 9.97 Å². The molecule has 4 nitrogen and oxygen atoms in total. The number of benzene rings is 1. The van der Waals surface area contributed by atoms with Crippen molar-refractivity contribution in [3.05, 3.63) is 47.7 Å². The number of halogens is 1. The lowest BCUT2D eigenvalue weighted by molar-refractivity contribution is 0.601. The highest BCUT2D eigenvalue weighted by Gasteiger charge is 2.13. The van der Waals surface area contributed by atoms with Crippen molar-refractivity contribution in [2.45, 2.75) is 13.5 Å². The number of hydrogen-bond acceptors (Lipinski definition) is 4. The molecule has 2 aromatic rings. The molecule has 0 saturated carbocycles. The largest absolute Gasteiger partial charge is 0.327 e. The van der Waals surface area contributed by atoms with Crippen molar-refractivity contribution in [3.63, 3.8) is 0 Å². The van der Waals surface area contributed by atoms with Gasteiger partial charge in [0.15, 0.2) is 11.6 Å². The van der Waals surface area contributed by atoms with Crippen molar-refractivity contribution >= 4 is 11.5 Å². The quantitative estimate of drug-likeness (QED) is 0.901. The monoisotopic (exact) mass is 246 g/mol. The van der Waals surface area contributed by atoms with Crippen LogP contribution >= 0.6 is 0 Å². The number of rotatable bonds is 3. The van der Waals surface area contributed by atoms with Crippen LogP contribution in [-0.2, 0) is 6.54 Å². The van der Waals surface area contributed by atoms with Crippen molar-refractivity contribution in [3.8, 4) is 0 Å². The minimum atomic E-state index is -0.400. The van der Waals surface area contributed by atoms with Crippen LogP contribution < -0.4 is 10.6 Å². The molecule has 94 valence electrons. The molecule has 0 aliphatic carbocycles. The molecular weight excluding hydrogens is 231 g/mol. The second kappa shape index (κ2) is 5.10. The van der Waals surface area contributed by atoms with Crippen LogP contribution in [0.2, 0.25) is 0 Å². The van der Waals surface area contributed by atoms with Gasteiger partial charge in [0.1, 0.15) is 6.33 Å². The van der Waals surface area contributed by atoms with Crippen LogP contribution in [0.1, 0.15) is 11.3 Å². The molecule has 5 heteroatoms. The maximum Gasteiger partial charge on any atom is 0.187 e. The molecular formula is C13H15FN4. The van der Waals surface area contributed by atoms with E-state index in [1.807, 2.05) is 24.3 Å². The molecule has 0 saturated heterocycles. The van der Waals surface area contributed by atoms with E-state index in [0.29, 0.717) is 12.2 Å². The Morgan fingerprint density at radius 2 is 1.89 bits per heavy atom. The third-order valence-electron chi connectivity index (χ3n) is 2.82. The maximum absolute atomic E-state index is 13.9. The van der Waals surface area contributed by atoms with Gasteiger partial charge in [-0.1, -0.05) is 12.1 Å². The number of aromatic nitrogens is 2. The molecule has 0 aliphatic rings. The first kappa shape index (κ1) is 12.4. The Bertz CT molecular complexity index is 539. The van der Waals surface area contributed by atoms with E-state index >= 15 is 0 Å². The number of anilines is 2. The van der Waals surface area contributed by atoms with Crippen LogP contribution in [0.3, 0.4) is 0 Å². The molecule has 0 spiro atoms. The lowest BCUT2D eigenvalue weighted by Crippen LogP contribution is -2.14. The molecule has 2 rings (SSSR count). The standard InChI is InChI=1S/C13H15FN4/c1-9-12(14)13(17-8-16-9)18(2)11-5-3-10(7-15)4-6-11/h3-6,8H,7,15H2,1-2H3. The normalized spacial score (nSPS) is 10.4. The van der Waals surface area contributed by atoms with E-state index in [1.54, 1.807) is 18.9 Å². The molecule has 1 aromatic heterocycles. The van der Waals surface area contributed by atoms with E-state index in [0.717, 1.165) is 11.3 Å². The summed E-state index contributed by atoms with van der Waals surface area (Å²) in [6, 6.07) is 7.60. The van der Waals surface area contributed by atoms with E-state index in [-0.39, 0.29) is 5.82 Å². The van der Waals surface area contributed by atoms with Crippen LogP contribution in [0.15, 0.2) is 30.6 Å². The number of aryl methyl sites for hydroxylation is 1. The van der Waals surface area contributed by atoms with Gasteiger partial charge >= 0.3 is 0 Å². The Morgan fingerprint density at radius 3 is 2.50 bits per heavy atom. The lowest BCUT2D eigenvalue weighted by Gasteiger charge is -2.19. The average Bonchev–Trinajstić information content (AvgIpc) is 2.41. The fraction of sp³-hybridized carbons (Fsp3) is 0.231. The zero-order valence-electron chi connectivity index (χ0n) is 10.4. The molecule has 0 unspecified atom stereocenters. The summed E-state index contributed by atoms with van der Waals surface area (Å²) in [4.78, 5) is 9.47. The van der Waals surface area contributed by atoms with Gasteiger partial charge in [-0.25, -0.2) is 14.4 Å². The zero-order valence-corrected chi connectivity index (χ0v) is 10.4. The maximum atomic E-state index is 13.9. The average molecular weight is 246 g/mol. The van der Waals surface area contributed by atoms with E-state index < -0.39 is 5.82 Å². The van der Waals surface area contributed by atoms with E-state index in [2.05, 4.69) is 9.97 Å².